The van der Waals surface area contributed by atoms with Crippen molar-refractivity contribution in [3.8, 4) is 0 Å². The molecule has 23 heavy (non-hydrogen) atoms. The third-order valence-corrected chi connectivity index (χ3v) is 5.46. The number of amides is 1. The van der Waals surface area contributed by atoms with Crippen LogP contribution >= 0.6 is 0 Å². The van der Waals surface area contributed by atoms with E-state index in [1.807, 2.05) is 37.4 Å². The van der Waals surface area contributed by atoms with Gasteiger partial charge in [0.25, 0.3) is 0 Å². The first-order chi connectivity index (χ1) is 10.8. The lowest BCUT2D eigenvalue weighted by molar-refractivity contribution is -0.134. The van der Waals surface area contributed by atoms with E-state index in [2.05, 4.69) is 16.2 Å². The molecule has 3 heterocycles. The van der Waals surface area contributed by atoms with Crippen molar-refractivity contribution >= 4 is 5.91 Å². The van der Waals surface area contributed by atoms with E-state index in [0.717, 1.165) is 31.9 Å². The number of fused-ring (bicyclic) bond motifs is 1. The molecule has 2 aliphatic rings. The summed E-state index contributed by atoms with van der Waals surface area (Å²) in [5, 5.41) is 14.4. The van der Waals surface area contributed by atoms with Crippen LogP contribution < -0.4 is 0 Å². The fourth-order valence-corrected chi connectivity index (χ4v) is 4.21. The Hall–Kier alpha value is -1.40. The van der Waals surface area contributed by atoms with Gasteiger partial charge in [-0.2, -0.15) is 5.10 Å². The molecule has 1 amide bonds. The highest BCUT2D eigenvalue weighted by atomic mass is 16.3. The molecule has 2 saturated heterocycles. The standard InChI is InChI=1S/C17H28N4O2/c1-12(2)16(23)21-8-15-7-20(9-17(15,10-21)11-22)6-14-5-19(4)18-13(14)3/h5,12,15,22H,6-11H2,1-4H3/t15-,17+/m0/s1. The molecule has 6 nitrogen and oxygen atoms in total. The number of rotatable bonds is 4. The Morgan fingerprint density at radius 1 is 1.43 bits per heavy atom. The second-order valence-corrected chi connectivity index (χ2v) is 7.67. The van der Waals surface area contributed by atoms with Crippen LogP contribution in [0.4, 0.5) is 0 Å². The molecule has 2 aliphatic heterocycles. The van der Waals surface area contributed by atoms with Crippen molar-refractivity contribution in [2.45, 2.75) is 27.3 Å². The van der Waals surface area contributed by atoms with E-state index in [1.165, 1.54) is 5.56 Å². The third kappa shape index (κ3) is 2.90. The van der Waals surface area contributed by atoms with Crippen LogP contribution in [-0.2, 0) is 18.4 Å². The number of aliphatic hydroxyl groups is 1. The highest BCUT2D eigenvalue weighted by molar-refractivity contribution is 5.78. The van der Waals surface area contributed by atoms with Crippen molar-refractivity contribution < 1.29 is 9.90 Å². The maximum absolute atomic E-state index is 12.3. The molecule has 6 heteroatoms. The number of likely N-dealkylation sites (tertiary alicyclic amines) is 2. The largest absolute Gasteiger partial charge is 0.396 e. The van der Waals surface area contributed by atoms with Crippen LogP contribution in [0.25, 0.3) is 0 Å². The summed E-state index contributed by atoms with van der Waals surface area (Å²) in [5.74, 6) is 0.604. The maximum Gasteiger partial charge on any atom is 0.225 e. The van der Waals surface area contributed by atoms with Gasteiger partial charge in [-0.05, 0) is 12.8 Å². The van der Waals surface area contributed by atoms with Gasteiger partial charge >= 0.3 is 0 Å². The van der Waals surface area contributed by atoms with E-state index in [9.17, 15) is 9.90 Å². The van der Waals surface area contributed by atoms with E-state index in [1.54, 1.807) is 0 Å². The Balaban J connectivity index is 1.69. The van der Waals surface area contributed by atoms with Crippen molar-refractivity contribution in [2.24, 2.45) is 24.3 Å². The Kier molecular flexibility index (Phi) is 4.23. The highest BCUT2D eigenvalue weighted by Crippen LogP contribution is 2.43. The summed E-state index contributed by atoms with van der Waals surface area (Å²) in [7, 11) is 1.94. The summed E-state index contributed by atoms with van der Waals surface area (Å²) in [5.41, 5.74) is 2.16. The maximum atomic E-state index is 12.3. The zero-order valence-corrected chi connectivity index (χ0v) is 14.6. The summed E-state index contributed by atoms with van der Waals surface area (Å²) in [6.07, 6.45) is 2.07. The minimum Gasteiger partial charge on any atom is -0.396 e. The van der Waals surface area contributed by atoms with E-state index in [0.29, 0.717) is 12.5 Å². The quantitative estimate of drug-likeness (QED) is 0.884. The molecular weight excluding hydrogens is 292 g/mol. The summed E-state index contributed by atoms with van der Waals surface area (Å²) >= 11 is 0. The fourth-order valence-electron chi connectivity index (χ4n) is 4.21. The molecule has 3 rings (SSSR count). The first-order valence-corrected chi connectivity index (χ1v) is 8.46. The lowest BCUT2D eigenvalue weighted by Gasteiger charge is -2.28. The van der Waals surface area contributed by atoms with Gasteiger partial charge in [0.05, 0.1) is 12.3 Å². The molecule has 1 aromatic rings. The van der Waals surface area contributed by atoms with Gasteiger partial charge in [-0.25, -0.2) is 0 Å². The Labute approximate surface area is 138 Å². The van der Waals surface area contributed by atoms with E-state index in [-0.39, 0.29) is 23.8 Å². The predicted octanol–water partition coefficient (Wildman–Crippen LogP) is 0.637. The summed E-state index contributed by atoms with van der Waals surface area (Å²) in [4.78, 5) is 16.6. The Morgan fingerprint density at radius 3 is 2.70 bits per heavy atom. The van der Waals surface area contributed by atoms with Gasteiger partial charge in [-0.15, -0.1) is 0 Å². The van der Waals surface area contributed by atoms with Gasteiger partial charge in [0.2, 0.25) is 5.91 Å². The van der Waals surface area contributed by atoms with E-state index < -0.39 is 0 Å². The summed E-state index contributed by atoms with van der Waals surface area (Å²) < 4.78 is 1.85. The zero-order chi connectivity index (χ0) is 16.8. The lowest BCUT2D eigenvalue weighted by atomic mass is 9.82. The van der Waals surface area contributed by atoms with Crippen molar-refractivity contribution in [3.63, 3.8) is 0 Å². The van der Waals surface area contributed by atoms with Crippen molar-refractivity contribution in [1.29, 1.82) is 0 Å². The van der Waals surface area contributed by atoms with Gasteiger partial charge in [0.1, 0.15) is 0 Å². The normalized spacial score (nSPS) is 27.9. The molecule has 0 aliphatic carbocycles. The average molecular weight is 320 g/mol. The molecule has 0 bridgehead atoms. The molecule has 0 aromatic carbocycles. The van der Waals surface area contributed by atoms with Crippen molar-refractivity contribution in [1.82, 2.24) is 19.6 Å². The monoisotopic (exact) mass is 320 g/mol. The number of nitrogens with zero attached hydrogens (tertiary/aromatic N) is 4. The van der Waals surface area contributed by atoms with Crippen LogP contribution in [0, 0.1) is 24.2 Å². The summed E-state index contributed by atoms with van der Waals surface area (Å²) in [6.45, 7) is 10.2. The molecule has 128 valence electrons. The zero-order valence-electron chi connectivity index (χ0n) is 14.6. The number of hydrogen-bond donors (Lipinski definition) is 1. The Morgan fingerprint density at radius 2 is 2.17 bits per heavy atom. The van der Waals surface area contributed by atoms with Crippen LogP contribution in [0.5, 0.6) is 0 Å². The smallest absolute Gasteiger partial charge is 0.225 e. The van der Waals surface area contributed by atoms with Gasteiger partial charge in [-0.3, -0.25) is 14.4 Å². The molecule has 0 unspecified atom stereocenters. The molecule has 1 aromatic heterocycles. The van der Waals surface area contributed by atoms with Crippen LogP contribution in [0.15, 0.2) is 6.20 Å². The summed E-state index contributed by atoms with van der Waals surface area (Å²) in [6, 6.07) is 0. The van der Waals surface area contributed by atoms with Crippen LogP contribution in [0.1, 0.15) is 25.1 Å². The number of aryl methyl sites for hydroxylation is 2. The third-order valence-electron chi connectivity index (χ3n) is 5.46. The van der Waals surface area contributed by atoms with Crippen LogP contribution in [0.2, 0.25) is 0 Å². The van der Waals surface area contributed by atoms with Gasteiger partial charge in [0, 0.05) is 62.9 Å². The Bertz CT molecular complexity index is 597. The molecule has 1 N–H and O–H groups in total. The predicted molar refractivity (Wildman–Crippen MR) is 87.6 cm³/mol. The van der Waals surface area contributed by atoms with Crippen LogP contribution in [0.3, 0.4) is 0 Å². The number of carbonyl (C=O) groups is 1. The second kappa shape index (κ2) is 5.91. The second-order valence-electron chi connectivity index (χ2n) is 7.67. The van der Waals surface area contributed by atoms with Gasteiger partial charge in [0.15, 0.2) is 0 Å². The first kappa shape index (κ1) is 16.5. The van der Waals surface area contributed by atoms with E-state index >= 15 is 0 Å². The SMILES string of the molecule is Cc1nn(C)cc1CN1C[C@H]2CN(C(=O)C(C)C)C[C@@]2(CO)C1. The number of aliphatic hydroxyl groups excluding tert-OH is 1. The van der Waals surface area contributed by atoms with Crippen molar-refractivity contribution in [2.75, 3.05) is 32.8 Å². The number of hydrogen-bond acceptors (Lipinski definition) is 4. The topological polar surface area (TPSA) is 61.6 Å². The molecule has 2 fully saturated rings. The minimum absolute atomic E-state index is 0.0266. The van der Waals surface area contributed by atoms with Gasteiger partial charge in [-0.1, -0.05) is 13.8 Å². The molecule has 2 atom stereocenters. The first-order valence-electron chi connectivity index (χ1n) is 8.46. The number of aromatic nitrogens is 2. The highest BCUT2D eigenvalue weighted by Gasteiger charge is 2.53. The molecule has 0 saturated carbocycles. The van der Waals surface area contributed by atoms with Crippen molar-refractivity contribution in [3.05, 3.63) is 17.5 Å². The van der Waals surface area contributed by atoms with Crippen LogP contribution in [-0.4, -0.2) is 63.4 Å². The molecular formula is C17H28N4O2. The van der Waals surface area contributed by atoms with E-state index in [4.69, 9.17) is 0 Å². The fraction of sp³-hybridized carbons (Fsp3) is 0.765. The average Bonchev–Trinajstić information content (AvgIpc) is 3.09. The minimum atomic E-state index is -0.152. The van der Waals surface area contributed by atoms with Gasteiger partial charge < -0.3 is 10.0 Å². The number of carbonyl (C=O) groups excluding carboxylic acids is 1. The molecule has 0 spiro atoms. The lowest BCUT2D eigenvalue weighted by Crippen LogP contribution is -2.40. The molecule has 0 radical (unpaired) electrons.